The molecule has 0 aromatic carbocycles. The van der Waals surface area contributed by atoms with Gasteiger partial charge in [0, 0.05) is 4.87 Å². The molecule has 0 atom stereocenters. The molecule has 0 aliphatic carbocycles. The van der Waals surface area contributed by atoms with Crippen LogP contribution in [0.5, 0.6) is 0 Å². The van der Waals surface area contributed by atoms with E-state index in [2.05, 4.69) is 20.8 Å². The van der Waals surface area contributed by atoms with Gasteiger partial charge in [0.25, 0.3) is 0 Å². The molecule has 0 fully saturated rings. The Morgan fingerprint density at radius 2 is 0.750 bits per heavy atom. The maximum Gasteiger partial charge on any atom is 0.0441 e. The van der Waals surface area contributed by atoms with Gasteiger partial charge in [0.05, 0.1) is 0 Å². The van der Waals surface area contributed by atoms with Crippen LogP contribution in [0.15, 0.2) is 0 Å². The highest BCUT2D eigenvalue weighted by molar-refractivity contribution is 6.23. The quantitative estimate of drug-likeness (QED) is 0.159. The van der Waals surface area contributed by atoms with Crippen LogP contribution in [0, 0.1) is 0 Å². The van der Waals surface area contributed by atoms with Gasteiger partial charge in [0.2, 0.25) is 0 Å². The largest absolute Gasteiger partial charge is 0.119 e. The number of hydrogen-bond donors (Lipinski definition) is 0. The summed E-state index contributed by atoms with van der Waals surface area (Å²) >= 11 is 6.57. The van der Waals surface area contributed by atoms with E-state index in [9.17, 15) is 0 Å². The van der Waals surface area contributed by atoms with Gasteiger partial charge >= 0.3 is 0 Å². The highest BCUT2D eigenvalue weighted by Gasteiger charge is 2.21. The predicted molar refractivity (Wildman–Crippen MR) is 113 cm³/mol. The third kappa shape index (κ3) is 15.8. The topological polar surface area (TPSA) is 0 Å². The van der Waals surface area contributed by atoms with Crippen molar-refractivity contribution in [2.75, 3.05) is 0 Å². The van der Waals surface area contributed by atoms with Gasteiger partial charge in [-0.2, -0.15) is 0 Å². The van der Waals surface area contributed by atoms with Crippen LogP contribution < -0.4 is 0 Å². The second kappa shape index (κ2) is 18.1. The van der Waals surface area contributed by atoms with Crippen molar-refractivity contribution in [3.05, 3.63) is 0 Å². The maximum absolute atomic E-state index is 6.57. The molecule has 146 valence electrons. The Hall–Kier alpha value is 0.290. The summed E-state index contributed by atoms with van der Waals surface area (Å²) < 4.78 is 0. The molecule has 1 heteroatoms. The molecule has 0 aliphatic rings. The van der Waals surface area contributed by atoms with Crippen molar-refractivity contribution in [3.8, 4) is 0 Å². The van der Waals surface area contributed by atoms with Gasteiger partial charge in [0.1, 0.15) is 0 Å². The minimum Gasteiger partial charge on any atom is -0.119 e. The molecule has 0 amide bonds. The summed E-state index contributed by atoms with van der Waals surface area (Å²) in [5.41, 5.74) is 0. The van der Waals surface area contributed by atoms with Gasteiger partial charge < -0.3 is 0 Å². The summed E-state index contributed by atoms with van der Waals surface area (Å²) in [7, 11) is 0. The third-order valence-electron chi connectivity index (χ3n) is 5.75. The SMILES string of the molecule is CCCCCCCCCCCCCCCCCCC(Cl)(CC)CC. The van der Waals surface area contributed by atoms with E-state index in [1.165, 1.54) is 109 Å². The van der Waals surface area contributed by atoms with E-state index in [-0.39, 0.29) is 4.87 Å². The number of halogens is 1. The van der Waals surface area contributed by atoms with Gasteiger partial charge in [-0.05, 0) is 19.3 Å². The second-order valence-electron chi connectivity index (χ2n) is 7.91. The van der Waals surface area contributed by atoms with Crippen molar-refractivity contribution in [1.82, 2.24) is 0 Å². The first kappa shape index (κ1) is 24.3. The Bertz CT molecular complexity index is 232. The molecule has 0 saturated heterocycles. The molecule has 0 nitrogen and oxygen atoms in total. The lowest BCUT2D eigenvalue weighted by molar-refractivity contribution is 0.457. The number of rotatable bonds is 19. The molecule has 0 radical (unpaired) electrons. The van der Waals surface area contributed by atoms with Crippen LogP contribution in [0.3, 0.4) is 0 Å². The molecular formula is C23H47Cl. The molecular weight excluding hydrogens is 312 g/mol. The van der Waals surface area contributed by atoms with Gasteiger partial charge in [-0.1, -0.05) is 124 Å². The van der Waals surface area contributed by atoms with Crippen LogP contribution in [0.4, 0.5) is 0 Å². The van der Waals surface area contributed by atoms with E-state index in [0.29, 0.717) is 0 Å². The van der Waals surface area contributed by atoms with Crippen LogP contribution in [-0.4, -0.2) is 4.87 Å². The van der Waals surface area contributed by atoms with Crippen molar-refractivity contribution in [3.63, 3.8) is 0 Å². The van der Waals surface area contributed by atoms with Crippen molar-refractivity contribution < 1.29 is 0 Å². The Morgan fingerprint density at radius 1 is 0.458 bits per heavy atom. The molecule has 0 N–H and O–H groups in total. The van der Waals surface area contributed by atoms with Crippen molar-refractivity contribution in [2.24, 2.45) is 0 Å². The van der Waals surface area contributed by atoms with Crippen LogP contribution in [0.2, 0.25) is 0 Å². The second-order valence-corrected chi connectivity index (χ2v) is 8.71. The monoisotopic (exact) mass is 358 g/mol. The van der Waals surface area contributed by atoms with E-state index in [0.717, 1.165) is 12.8 Å². The van der Waals surface area contributed by atoms with Gasteiger partial charge in [-0.3, -0.25) is 0 Å². The summed E-state index contributed by atoms with van der Waals surface area (Å²) in [5.74, 6) is 0. The Balaban J connectivity index is 3.13. The van der Waals surface area contributed by atoms with Crippen molar-refractivity contribution in [2.45, 2.75) is 148 Å². The Labute approximate surface area is 159 Å². The van der Waals surface area contributed by atoms with Gasteiger partial charge in [-0.25, -0.2) is 0 Å². The summed E-state index contributed by atoms with van der Waals surface area (Å²) in [6, 6.07) is 0. The fraction of sp³-hybridized carbons (Fsp3) is 1.00. The molecule has 0 aromatic heterocycles. The summed E-state index contributed by atoms with van der Waals surface area (Å²) in [5, 5.41) is 0. The fourth-order valence-corrected chi connectivity index (χ4v) is 3.73. The summed E-state index contributed by atoms with van der Waals surface area (Å²) in [6.07, 6.45) is 26.4. The zero-order chi connectivity index (χ0) is 17.9. The van der Waals surface area contributed by atoms with Crippen molar-refractivity contribution in [1.29, 1.82) is 0 Å². The number of alkyl halides is 1. The third-order valence-corrected chi connectivity index (χ3v) is 6.47. The molecule has 0 saturated carbocycles. The molecule has 24 heavy (non-hydrogen) atoms. The minimum atomic E-state index is 0.0933. The highest BCUT2D eigenvalue weighted by atomic mass is 35.5. The number of unbranched alkanes of at least 4 members (excludes halogenated alkanes) is 15. The van der Waals surface area contributed by atoms with Gasteiger partial charge in [-0.15, -0.1) is 11.6 Å². The molecule has 0 aliphatic heterocycles. The van der Waals surface area contributed by atoms with Crippen LogP contribution in [0.1, 0.15) is 143 Å². The standard InChI is InChI=1S/C23H47Cl/c1-4-7-8-9-10-11-12-13-14-15-16-17-18-19-20-21-22-23(24,5-2)6-3/h4-22H2,1-3H3. The zero-order valence-corrected chi connectivity index (χ0v) is 18.1. The molecule has 0 bridgehead atoms. The van der Waals surface area contributed by atoms with Crippen LogP contribution >= 0.6 is 11.6 Å². The first-order chi connectivity index (χ1) is 11.7. The van der Waals surface area contributed by atoms with Crippen LogP contribution in [-0.2, 0) is 0 Å². The normalized spacial score (nSPS) is 12.0. The Kier molecular flexibility index (Phi) is 18.3. The number of hydrogen-bond acceptors (Lipinski definition) is 0. The average molecular weight is 359 g/mol. The van der Waals surface area contributed by atoms with E-state index in [1.807, 2.05) is 0 Å². The summed E-state index contributed by atoms with van der Waals surface area (Å²) in [6.45, 7) is 6.75. The first-order valence-electron chi connectivity index (χ1n) is 11.4. The zero-order valence-electron chi connectivity index (χ0n) is 17.3. The van der Waals surface area contributed by atoms with E-state index >= 15 is 0 Å². The van der Waals surface area contributed by atoms with E-state index < -0.39 is 0 Å². The molecule has 0 unspecified atom stereocenters. The van der Waals surface area contributed by atoms with E-state index in [4.69, 9.17) is 11.6 Å². The fourth-order valence-electron chi connectivity index (χ4n) is 3.59. The molecule has 0 heterocycles. The molecule has 0 aromatic rings. The summed E-state index contributed by atoms with van der Waals surface area (Å²) in [4.78, 5) is 0.0933. The lowest BCUT2D eigenvalue weighted by Gasteiger charge is -2.23. The highest BCUT2D eigenvalue weighted by Crippen LogP contribution is 2.30. The van der Waals surface area contributed by atoms with E-state index in [1.54, 1.807) is 0 Å². The van der Waals surface area contributed by atoms with Crippen LogP contribution in [0.25, 0.3) is 0 Å². The predicted octanol–water partition coefficient (Wildman–Crippen LogP) is 9.44. The van der Waals surface area contributed by atoms with Crippen molar-refractivity contribution >= 4 is 11.6 Å². The first-order valence-corrected chi connectivity index (χ1v) is 11.7. The Morgan fingerprint density at radius 3 is 1.04 bits per heavy atom. The molecule has 0 spiro atoms. The minimum absolute atomic E-state index is 0.0933. The smallest absolute Gasteiger partial charge is 0.0441 e. The maximum atomic E-state index is 6.57. The average Bonchev–Trinajstić information content (AvgIpc) is 2.61. The molecule has 0 rings (SSSR count). The lowest BCUT2D eigenvalue weighted by atomic mass is 9.94. The lowest BCUT2D eigenvalue weighted by Crippen LogP contribution is -2.18. The van der Waals surface area contributed by atoms with Gasteiger partial charge in [0.15, 0.2) is 0 Å².